The van der Waals surface area contributed by atoms with E-state index in [9.17, 15) is 19.8 Å². The first-order chi connectivity index (χ1) is 14.1. The molecule has 3 rings (SSSR count). The number of carbonyl (C=O) groups excluding carboxylic acids is 2. The predicted molar refractivity (Wildman–Crippen MR) is 114 cm³/mol. The maximum Gasteiger partial charge on any atom is 0.331 e. The lowest BCUT2D eigenvalue weighted by Gasteiger charge is -2.45. The van der Waals surface area contributed by atoms with Crippen LogP contribution in [0.3, 0.4) is 0 Å². The van der Waals surface area contributed by atoms with Crippen LogP contribution >= 0.6 is 0 Å². The molecule has 1 saturated heterocycles. The lowest BCUT2D eigenvalue weighted by Crippen LogP contribution is -2.56. The molecule has 7 atom stereocenters. The SMILES string of the molecule is CC1=C[C@@H]2/C=C(/C)CC[C@H](O)[C@H](O)/C=C/C(=O)O[C@]23C(=O)N[C@@H](CC(C)C)[C@H]3[C@H]1C. The summed E-state index contributed by atoms with van der Waals surface area (Å²) in [5.41, 5.74) is 0.858. The van der Waals surface area contributed by atoms with Gasteiger partial charge in [-0.25, -0.2) is 4.79 Å². The summed E-state index contributed by atoms with van der Waals surface area (Å²) in [5, 5.41) is 23.4. The summed E-state index contributed by atoms with van der Waals surface area (Å²) in [6.07, 6.45) is 6.06. The highest BCUT2D eigenvalue weighted by atomic mass is 16.6. The number of amides is 1. The lowest BCUT2D eigenvalue weighted by molar-refractivity contribution is -0.172. The molecule has 1 aliphatic carbocycles. The van der Waals surface area contributed by atoms with Gasteiger partial charge in [0.2, 0.25) is 5.60 Å². The van der Waals surface area contributed by atoms with E-state index in [4.69, 9.17) is 4.74 Å². The summed E-state index contributed by atoms with van der Waals surface area (Å²) in [6.45, 7) is 10.4. The maximum absolute atomic E-state index is 13.4. The molecule has 0 aromatic heterocycles. The fraction of sp³-hybridized carbons (Fsp3) is 0.667. The molecule has 3 N–H and O–H groups in total. The van der Waals surface area contributed by atoms with Crippen LogP contribution in [0, 0.1) is 23.7 Å². The topological polar surface area (TPSA) is 95.9 Å². The Labute approximate surface area is 179 Å². The number of carbonyl (C=O) groups is 2. The minimum absolute atomic E-state index is 0.0785. The van der Waals surface area contributed by atoms with Crippen molar-refractivity contribution in [3.63, 3.8) is 0 Å². The lowest BCUT2D eigenvalue weighted by atomic mass is 9.63. The van der Waals surface area contributed by atoms with Crippen LogP contribution < -0.4 is 5.32 Å². The molecule has 0 saturated carbocycles. The summed E-state index contributed by atoms with van der Waals surface area (Å²) in [6, 6.07) is -0.0792. The van der Waals surface area contributed by atoms with Crippen molar-refractivity contribution >= 4 is 11.9 Å². The third-order valence-electron chi connectivity index (χ3n) is 6.91. The van der Waals surface area contributed by atoms with Crippen molar-refractivity contribution in [2.75, 3.05) is 0 Å². The van der Waals surface area contributed by atoms with Gasteiger partial charge >= 0.3 is 5.97 Å². The monoisotopic (exact) mass is 417 g/mol. The van der Waals surface area contributed by atoms with Gasteiger partial charge in [-0.15, -0.1) is 0 Å². The summed E-state index contributed by atoms with van der Waals surface area (Å²) < 4.78 is 5.99. The normalized spacial score (nSPS) is 42.5. The molecule has 1 spiro atoms. The van der Waals surface area contributed by atoms with Crippen LogP contribution in [0.25, 0.3) is 0 Å². The predicted octanol–water partition coefficient (Wildman–Crippen LogP) is 2.66. The first-order valence-corrected chi connectivity index (χ1v) is 11.0. The van der Waals surface area contributed by atoms with Crippen LogP contribution in [0.5, 0.6) is 0 Å². The van der Waals surface area contributed by atoms with Crippen molar-refractivity contribution in [2.45, 2.75) is 77.7 Å². The molecule has 0 bridgehead atoms. The number of rotatable bonds is 2. The van der Waals surface area contributed by atoms with Crippen LogP contribution in [0.2, 0.25) is 0 Å². The van der Waals surface area contributed by atoms with Gasteiger partial charge in [0.25, 0.3) is 5.91 Å². The first-order valence-electron chi connectivity index (χ1n) is 11.0. The molecule has 30 heavy (non-hydrogen) atoms. The van der Waals surface area contributed by atoms with Gasteiger partial charge in [0.15, 0.2) is 0 Å². The molecule has 0 unspecified atom stereocenters. The molecular formula is C24H35NO5. The Balaban J connectivity index is 2.13. The minimum Gasteiger partial charge on any atom is -0.444 e. The number of allylic oxidation sites excluding steroid dienone is 2. The highest BCUT2D eigenvalue weighted by Gasteiger charge is 2.64. The van der Waals surface area contributed by atoms with Crippen molar-refractivity contribution in [1.82, 2.24) is 5.32 Å². The first kappa shape index (κ1) is 22.8. The largest absolute Gasteiger partial charge is 0.444 e. The van der Waals surface area contributed by atoms with E-state index < -0.39 is 23.8 Å². The fourth-order valence-corrected chi connectivity index (χ4v) is 5.27. The van der Waals surface area contributed by atoms with Crippen LogP contribution in [-0.2, 0) is 14.3 Å². The zero-order valence-electron chi connectivity index (χ0n) is 18.6. The molecule has 0 aromatic rings. The van der Waals surface area contributed by atoms with Crippen molar-refractivity contribution in [3.8, 4) is 0 Å². The van der Waals surface area contributed by atoms with E-state index >= 15 is 0 Å². The van der Waals surface area contributed by atoms with E-state index in [-0.39, 0.29) is 29.7 Å². The average molecular weight is 418 g/mol. The average Bonchev–Trinajstić information content (AvgIpc) is 2.93. The van der Waals surface area contributed by atoms with Crippen molar-refractivity contribution in [1.29, 1.82) is 0 Å². The van der Waals surface area contributed by atoms with Crippen LogP contribution in [0.1, 0.15) is 53.9 Å². The molecule has 6 heteroatoms. The van der Waals surface area contributed by atoms with E-state index in [0.29, 0.717) is 18.8 Å². The second-order valence-electron chi connectivity index (χ2n) is 9.64. The fourth-order valence-electron chi connectivity index (χ4n) is 5.27. The summed E-state index contributed by atoms with van der Waals surface area (Å²) >= 11 is 0. The molecule has 166 valence electrons. The van der Waals surface area contributed by atoms with Gasteiger partial charge in [0, 0.05) is 24.0 Å². The highest BCUT2D eigenvalue weighted by Crippen LogP contribution is 2.50. The molecule has 0 radical (unpaired) electrons. The van der Waals surface area contributed by atoms with Gasteiger partial charge in [-0.3, -0.25) is 4.79 Å². The van der Waals surface area contributed by atoms with E-state index in [0.717, 1.165) is 18.1 Å². The standard InChI is InChI=1S/C24H35NO5/c1-13(2)10-18-22-16(5)15(4)12-17-11-14(3)6-7-19(26)20(27)8-9-21(28)30-24(17,22)23(29)25-18/h8-9,11-13,16-20,22,26-27H,6-7,10H2,1-5H3,(H,25,29)/b9-8+,14-11-/t16-,17-,18-,19-,20+,22+,24+/m0/s1. The molecule has 2 heterocycles. The Morgan fingerprint density at radius 3 is 2.60 bits per heavy atom. The summed E-state index contributed by atoms with van der Waals surface area (Å²) in [5.74, 6) is -1.02. The number of hydrogen-bond donors (Lipinski definition) is 3. The molecular weight excluding hydrogens is 382 g/mol. The van der Waals surface area contributed by atoms with Gasteiger partial charge in [-0.1, -0.05) is 44.1 Å². The van der Waals surface area contributed by atoms with Crippen LogP contribution in [0.15, 0.2) is 35.5 Å². The van der Waals surface area contributed by atoms with Crippen molar-refractivity contribution in [2.24, 2.45) is 23.7 Å². The molecule has 1 fully saturated rings. The zero-order chi connectivity index (χ0) is 22.2. The van der Waals surface area contributed by atoms with Crippen LogP contribution in [0.4, 0.5) is 0 Å². The Morgan fingerprint density at radius 1 is 1.23 bits per heavy atom. The minimum atomic E-state index is -1.32. The number of esters is 1. The number of hydrogen-bond acceptors (Lipinski definition) is 5. The highest BCUT2D eigenvalue weighted by molar-refractivity contribution is 5.94. The van der Waals surface area contributed by atoms with Gasteiger partial charge < -0.3 is 20.3 Å². The maximum atomic E-state index is 13.4. The molecule has 1 amide bonds. The number of aliphatic hydroxyl groups excluding tert-OH is 2. The second-order valence-corrected chi connectivity index (χ2v) is 9.64. The second kappa shape index (κ2) is 8.67. The number of ether oxygens (including phenoxy) is 1. The zero-order valence-corrected chi connectivity index (χ0v) is 18.6. The Bertz CT molecular complexity index is 782. The van der Waals surface area contributed by atoms with E-state index in [2.05, 4.69) is 39.1 Å². The molecule has 3 aliphatic rings. The molecule has 6 nitrogen and oxygen atoms in total. The Kier molecular flexibility index (Phi) is 6.58. The summed E-state index contributed by atoms with van der Waals surface area (Å²) in [4.78, 5) is 26.2. The Hall–Kier alpha value is -1.92. The van der Waals surface area contributed by atoms with Crippen LogP contribution in [-0.4, -0.2) is 45.9 Å². The summed E-state index contributed by atoms with van der Waals surface area (Å²) in [7, 11) is 0. The third kappa shape index (κ3) is 4.12. The van der Waals surface area contributed by atoms with Gasteiger partial charge in [-0.05, 0) is 51.0 Å². The van der Waals surface area contributed by atoms with Gasteiger partial charge in [0.05, 0.1) is 12.2 Å². The Morgan fingerprint density at radius 2 is 1.93 bits per heavy atom. The van der Waals surface area contributed by atoms with Crippen molar-refractivity contribution in [3.05, 3.63) is 35.5 Å². The third-order valence-corrected chi connectivity index (χ3v) is 6.91. The van der Waals surface area contributed by atoms with Gasteiger partial charge in [-0.2, -0.15) is 0 Å². The van der Waals surface area contributed by atoms with Gasteiger partial charge in [0.1, 0.15) is 0 Å². The van der Waals surface area contributed by atoms with Crippen molar-refractivity contribution < 1.29 is 24.5 Å². The quantitative estimate of drug-likeness (QED) is 0.474. The number of aliphatic hydroxyl groups is 2. The molecule has 0 aromatic carbocycles. The van der Waals surface area contributed by atoms with E-state index in [1.165, 1.54) is 11.6 Å². The van der Waals surface area contributed by atoms with E-state index in [1.54, 1.807) is 0 Å². The molecule has 2 aliphatic heterocycles. The smallest absolute Gasteiger partial charge is 0.331 e. The van der Waals surface area contributed by atoms with E-state index in [1.807, 2.05) is 13.0 Å². The number of nitrogens with one attached hydrogen (secondary N) is 1.